The van der Waals surface area contributed by atoms with E-state index in [1.54, 1.807) is 0 Å². The summed E-state index contributed by atoms with van der Waals surface area (Å²) in [5.74, 6) is 0.873. The van der Waals surface area contributed by atoms with Gasteiger partial charge in [0.1, 0.15) is 0 Å². The molecule has 1 spiro atoms. The fourth-order valence-electron chi connectivity index (χ4n) is 2.77. The Bertz CT molecular complexity index is 302. The molecule has 4 heteroatoms. The minimum atomic E-state index is -2.73. The molecular weight excluding hydrogens is 198 g/mol. The van der Waals surface area contributed by atoms with Crippen molar-refractivity contribution < 1.29 is 8.42 Å². The van der Waals surface area contributed by atoms with Gasteiger partial charge in [-0.2, -0.15) is 0 Å². The van der Waals surface area contributed by atoms with Crippen LogP contribution < -0.4 is 0 Å². The van der Waals surface area contributed by atoms with Crippen LogP contribution in [0.5, 0.6) is 0 Å². The molecule has 0 amide bonds. The Morgan fingerprint density at radius 2 is 1.79 bits per heavy atom. The van der Waals surface area contributed by atoms with Crippen LogP contribution in [0.2, 0.25) is 0 Å². The van der Waals surface area contributed by atoms with E-state index in [2.05, 4.69) is 11.9 Å². The fourth-order valence-corrected chi connectivity index (χ4v) is 4.86. The van der Waals surface area contributed by atoms with Gasteiger partial charge in [-0.25, -0.2) is 8.42 Å². The second-order valence-corrected chi connectivity index (χ2v) is 7.18. The van der Waals surface area contributed by atoms with Gasteiger partial charge in [-0.05, 0) is 51.2 Å². The Labute approximate surface area is 86.4 Å². The second kappa shape index (κ2) is 3.49. The third kappa shape index (κ3) is 2.11. The zero-order chi connectivity index (χ0) is 10.2. The van der Waals surface area contributed by atoms with Crippen LogP contribution in [0.3, 0.4) is 0 Å². The monoisotopic (exact) mass is 217 g/mol. The molecule has 0 atom stereocenters. The Kier molecular flexibility index (Phi) is 2.60. The summed E-state index contributed by atoms with van der Waals surface area (Å²) in [5.41, 5.74) is 0.142. The first-order chi connectivity index (χ1) is 6.52. The van der Waals surface area contributed by atoms with Gasteiger partial charge in [0.05, 0.1) is 11.5 Å². The first-order valence-electron chi connectivity index (χ1n) is 5.40. The van der Waals surface area contributed by atoms with Crippen molar-refractivity contribution in [2.24, 2.45) is 5.41 Å². The molecule has 0 aromatic rings. The maximum atomic E-state index is 11.6. The largest absolute Gasteiger partial charge is 0.306 e. The number of sulfone groups is 1. The zero-order valence-corrected chi connectivity index (χ0v) is 9.65. The molecule has 0 aromatic heterocycles. The molecule has 2 rings (SSSR count). The number of likely N-dealkylation sites (tertiary alicyclic amines) is 1. The summed E-state index contributed by atoms with van der Waals surface area (Å²) in [4.78, 5) is 2.30. The first kappa shape index (κ1) is 10.4. The minimum absolute atomic E-state index is 0.142. The number of rotatable bonds is 0. The van der Waals surface area contributed by atoms with Crippen molar-refractivity contribution >= 4 is 9.84 Å². The van der Waals surface area contributed by atoms with Gasteiger partial charge >= 0.3 is 0 Å². The fraction of sp³-hybridized carbons (Fsp3) is 1.00. The van der Waals surface area contributed by atoms with Crippen LogP contribution >= 0.6 is 0 Å². The van der Waals surface area contributed by atoms with Crippen LogP contribution in [0.15, 0.2) is 0 Å². The van der Waals surface area contributed by atoms with E-state index < -0.39 is 9.84 Å². The average molecular weight is 217 g/mol. The molecule has 0 unspecified atom stereocenters. The van der Waals surface area contributed by atoms with Crippen molar-refractivity contribution in [1.29, 1.82) is 0 Å². The van der Waals surface area contributed by atoms with Crippen LogP contribution in [0.1, 0.15) is 25.7 Å². The van der Waals surface area contributed by atoms with Gasteiger partial charge in [0, 0.05) is 0 Å². The summed E-state index contributed by atoms with van der Waals surface area (Å²) in [7, 11) is -0.611. The van der Waals surface area contributed by atoms with Gasteiger partial charge in [-0.3, -0.25) is 0 Å². The first-order valence-corrected chi connectivity index (χ1v) is 7.23. The molecule has 2 heterocycles. The van der Waals surface area contributed by atoms with Crippen molar-refractivity contribution in [3.05, 3.63) is 0 Å². The number of nitrogens with zero attached hydrogens (tertiary/aromatic N) is 1. The predicted molar refractivity (Wildman–Crippen MR) is 57.1 cm³/mol. The van der Waals surface area contributed by atoms with E-state index in [1.165, 1.54) is 0 Å². The lowest BCUT2D eigenvalue weighted by Gasteiger charge is -2.42. The average Bonchev–Trinajstić information content (AvgIpc) is 2.09. The van der Waals surface area contributed by atoms with E-state index in [4.69, 9.17) is 0 Å². The molecule has 0 saturated carbocycles. The topological polar surface area (TPSA) is 37.4 Å². The van der Waals surface area contributed by atoms with Crippen molar-refractivity contribution in [2.75, 3.05) is 31.6 Å². The second-order valence-electron chi connectivity index (χ2n) is 5.00. The van der Waals surface area contributed by atoms with E-state index in [9.17, 15) is 8.42 Å². The highest BCUT2D eigenvalue weighted by molar-refractivity contribution is 7.91. The minimum Gasteiger partial charge on any atom is -0.306 e. The quantitative estimate of drug-likeness (QED) is 0.605. The molecule has 0 N–H and O–H groups in total. The van der Waals surface area contributed by atoms with Crippen LogP contribution in [0.25, 0.3) is 0 Å². The standard InChI is InChI=1S/C10H19NO2S/c1-11-6-4-10(5-7-11)3-2-8-14(12,13)9-10/h2-9H2,1H3. The van der Waals surface area contributed by atoms with Crippen LogP contribution in [0.4, 0.5) is 0 Å². The lowest BCUT2D eigenvalue weighted by atomic mass is 9.76. The van der Waals surface area contributed by atoms with Crippen LogP contribution in [-0.4, -0.2) is 45.0 Å². The van der Waals surface area contributed by atoms with Crippen LogP contribution in [-0.2, 0) is 9.84 Å². The van der Waals surface area contributed by atoms with Crippen molar-refractivity contribution in [3.8, 4) is 0 Å². The summed E-state index contributed by atoms with van der Waals surface area (Å²) in [5, 5.41) is 0. The van der Waals surface area contributed by atoms with Crippen molar-refractivity contribution in [2.45, 2.75) is 25.7 Å². The van der Waals surface area contributed by atoms with Crippen LogP contribution in [0, 0.1) is 5.41 Å². The van der Waals surface area contributed by atoms with Crippen molar-refractivity contribution in [3.63, 3.8) is 0 Å². The summed E-state index contributed by atoms with van der Waals surface area (Å²) >= 11 is 0. The number of piperidine rings is 1. The highest BCUT2D eigenvalue weighted by Crippen LogP contribution is 2.40. The molecular formula is C10H19NO2S. The molecule has 0 aromatic carbocycles. The molecule has 0 bridgehead atoms. The number of hydrogen-bond acceptors (Lipinski definition) is 3. The van der Waals surface area contributed by atoms with Gasteiger partial charge in [0.15, 0.2) is 9.84 Å². The predicted octanol–water partition coefficient (Wildman–Crippen LogP) is 0.907. The third-order valence-electron chi connectivity index (χ3n) is 3.74. The molecule has 82 valence electrons. The Hall–Kier alpha value is -0.0900. The lowest BCUT2D eigenvalue weighted by Crippen LogP contribution is -2.44. The Morgan fingerprint density at radius 1 is 1.14 bits per heavy atom. The highest BCUT2D eigenvalue weighted by atomic mass is 32.2. The molecule has 14 heavy (non-hydrogen) atoms. The zero-order valence-electron chi connectivity index (χ0n) is 8.83. The lowest BCUT2D eigenvalue weighted by molar-refractivity contribution is 0.128. The molecule has 0 radical (unpaired) electrons. The van der Waals surface area contributed by atoms with E-state index in [0.29, 0.717) is 11.5 Å². The van der Waals surface area contributed by atoms with E-state index in [-0.39, 0.29) is 5.41 Å². The Morgan fingerprint density at radius 3 is 2.36 bits per heavy atom. The SMILES string of the molecule is CN1CCC2(CCCS(=O)(=O)C2)CC1. The molecule has 2 aliphatic heterocycles. The summed E-state index contributed by atoms with van der Waals surface area (Å²) < 4.78 is 23.2. The molecule has 2 saturated heterocycles. The van der Waals surface area contributed by atoms with Gasteiger partial charge in [-0.1, -0.05) is 0 Å². The summed E-state index contributed by atoms with van der Waals surface area (Å²) in [6.45, 7) is 2.13. The number of hydrogen-bond donors (Lipinski definition) is 0. The normalized spacial score (nSPS) is 31.8. The maximum Gasteiger partial charge on any atom is 0.150 e. The van der Waals surface area contributed by atoms with Gasteiger partial charge < -0.3 is 4.90 Å². The molecule has 0 aliphatic carbocycles. The smallest absolute Gasteiger partial charge is 0.150 e. The summed E-state index contributed by atoms with van der Waals surface area (Å²) in [6, 6.07) is 0. The third-order valence-corrected chi connectivity index (χ3v) is 5.70. The Balaban J connectivity index is 2.09. The van der Waals surface area contributed by atoms with E-state index >= 15 is 0 Å². The van der Waals surface area contributed by atoms with E-state index in [1.807, 2.05) is 0 Å². The molecule has 2 aliphatic rings. The molecule has 2 fully saturated rings. The van der Waals surface area contributed by atoms with Gasteiger partial charge in [0.25, 0.3) is 0 Å². The highest BCUT2D eigenvalue weighted by Gasteiger charge is 2.40. The van der Waals surface area contributed by atoms with E-state index in [0.717, 1.165) is 38.8 Å². The van der Waals surface area contributed by atoms with Crippen molar-refractivity contribution in [1.82, 2.24) is 4.90 Å². The van der Waals surface area contributed by atoms with Gasteiger partial charge in [-0.15, -0.1) is 0 Å². The summed E-state index contributed by atoms with van der Waals surface area (Å²) in [6.07, 6.45) is 4.15. The maximum absolute atomic E-state index is 11.6. The van der Waals surface area contributed by atoms with Gasteiger partial charge in [0.2, 0.25) is 0 Å². The molecule has 3 nitrogen and oxygen atoms in total.